The molecule has 3 saturated carbocycles. The van der Waals surface area contributed by atoms with E-state index >= 15 is 0 Å². The summed E-state index contributed by atoms with van der Waals surface area (Å²) in [5.74, 6) is 2.85. The number of hydrogen-bond donors (Lipinski definition) is 1. The molecule has 1 unspecified atom stereocenters. The molecule has 0 bridgehead atoms. The third-order valence-corrected chi connectivity index (χ3v) is 11.0. The lowest BCUT2D eigenvalue weighted by atomic mass is 9.46. The van der Waals surface area contributed by atoms with Crippen LogP contribution in [-0.4, -0.2) is 48.7 Å². The van der Waals surface area contributed by atoms with E-state index in [2.05, 4.69) is 31.2 Å². The van der Waals surface area contributed by atoms with Crippen molar-refractivity contribution >= 4 is 17.6 Å². The van der Waals surface area contributed by atoms with Crippen LogP contribution in [0.2, 0.25) is 0 Å². The van der Waals surface area contributed by atoms with Crippen molar-refractivity contribution in [2.24, 2.45) is 39.7 Å². The van der Waals surface area contributed by atoms with Gasteiger partial charge in [0.1, 0.15) is 0 Å². The summed E-state index contributed by atoms with van der Waals surface area (Å²) in [5.41, 5.74) is 2.86. The number of oxime groups is 1. The first-order valence-corrected chi connectivity index (χ1v) is 14.2. The van der Waals surface area contributed by atoms with Gasteiger partial charge in [-0.25, -0.2) is 4.79 Å². The van der Waals surface area contributed by atoms with Gasteiger partial charge in [0.15, 0.2) is 5.78 Å². The molecule has 0 aromatic carbocycles. The minimum absolute atomic E-state index is 0.216. The monoisotopic (exact) mass is 483 g/mol. The third-order valence-electron chi connectivity index (χ3n) is 11.0. The molecule has 0 aromatic rings. The van der Waals surface area contributed by atoms with Gasteiger partial charge in [-0.1, -0.05) is 24.6 Å². The van der Waals surface area contributed by atoms with E-state index in [1.807, 2.05) is 13.1 Å². The number of allylic oxidation sites excluding steroid dienone is 1. The number of fused-ring (bicyclic) bond motifs is 5. The number of amides is 1. The Labute approximate surface area is 211 Å². The quantitative estimate of drug-likeness (QED) is 0.308. The molecule has 4 aliphatic carbocycles. The number of carbonyl (C=O) groups is 2. The highest BCUT2D eigenvalue weighted by Crippen LogP contribution is 2.66. The van der Waals surface area contributed by atoms with Crippen LogP contribution in [0.15, 0.2) is 16.8 Å². The van der Waals surface area contributed by atoms with Gasteiger partial charge in [0.2, 0.25) is 0 Å². The maximum atomic E-state index is 12.6. The van der Waals surface area contributed by atoms with Crippen molar-refractivity contribution in [2.45, 2.75) is 97.4 Å². The van der Waals surface area contributed by atoms with E-state index in [1.54, 1.807) is 4.90 Å². The number of nitrogens with zero attached hydrogens (tertiary/aromatic N) is 2. The lowest BCUT2D eigenvalue weighted by Crippen LogP contribution is -2.51. The van der Waals surface area contributed by atoms with Gasteiger partial charge in [-0.3, -0.25) is 9.63 Å². The van der Waals surface area contributed by atoms with Crippen molar-refractivity contribution in [3.8, 4) is 0 Å². The Morgan fingerprint density at radius 1 is 1.14 bits per heavy atom. The molecule has 1 amide bonds. The van der Waals surface area contributed by atoms with Crippen LogP contribution in [-0.2, 0) is 9.63 Å². The molecular formula is C29H45N3O3. The van der Waals surface area contributed by atoms with E-state index in [9.17, 15) is 9.59 Å². The predicted octanol–water partition coefficient (Wildman–Crippen LogP) is 5.72. The number of ketones is 1. The molecule has 4 fully saturated rings. The van der Waals surface area contributed by atoms with Gasteiger partial charge in [-0.05, 0) is 112 Å². The summed E-state index contributed by atoms with van der Waals surface area (Å²) in [4.78, 5) is 31.7. The lowest BCUT2D eigenvalue weighted by molar-refractivity contribution is -0.117. The highest BCUT2D eigenvalue weighted by molar-refractivity contribution is 5.91. The minimum Gasteiger partial charge on any atom is -0.314 e. The van der Waals surface area contributed by atoms with Crippen molar-refractivity contribution in [1.29, 1.82) is 0 Å². The zero-order valence-corrected chi connectivity index (χ0v) is 22.3. The number of carbonyl (C=O) groups excluding carboxylic acids is 2. The maximum Gasteiger partial charge on any atom is 0.435 e. The van der Waals surface area contributed by atoms with Crippen LogP contribution in [0, 0.1) is 34.5 Å². The van der Waals surface area contributed by atoms with Gasteiger partial charge in [-0.15, -0.1) is 0 Å². The molecule has 35 heavy (non-hydrogen) atoms. The summed E-state index contributed by atoms with van der Waals surface area (Å²) < 4.78 is 0. The predicted molar refractivity (Wildman–Crippen MR) is 138 cm³/mol. The second-order valence-electron chi connectivity index (χ2n) is 12.7. The summed E-state index contributed by atoms with van der Waals surface area (Å²) in [5, 5.41) is 7.88. The average molecular weight is 484 g/mol. The lowest BCUT2D eigenvalue weighted by Gasteiger charge is -2.58. The zero-order valence-electron chi connectivity index (χ0n) is 22.3. The van der Waals surface area contributed by atoms with Crippen LogP contribution < -0.4 is 5.32 Å². The fourth-order valence-corrected chi connectivity index (χ4v) is 8.93. The molecular weight excluding hydrogens is 438 g/mol. The highest BCUT2D eigenvalue weighted by atomic mass is 16.7. The van der Waals surface area contributed by atoms with Gasteiger partial charge in [0.25, 0.3) is 0 Å². The van der Waals surface area contributed by atoms with Crippen LogP contribution in [0.3, 0.4) is 0 Å². The molecule has 1 saturated heterocycles. The first kappa shape index (κ1) is 25.0. The molecule has 0 aromatic heterocycles. The second kappa shape index (κ2) is 9.64. The fraction of sp³-hybridized carbons (Fsp3) is 0.828. The Bertz CT molecular complexity index is 907. The first-order valence-electron chi connectivity index (χ1n) is 14.2. The summed E-state index contributed by atoms with van der Waals surface area (Å²) >= 11 is 0. The van der Waals surface area contributed by atoms with Crippen LogP contribution >= 0.6 is 0 Å². The van der Waals surface area contributed by atoms with E-state index < -0.39 is 0 Å². The van der Waals surface area contributed by atoms with Crippen LogP contribution in [0.5, 0.6) is 0 Å². The number of nitrogens with one attached hydrogen (secondary N) is 1. The number of rotatable bonds is 5. The molecule has 1 aliphatic heterocycles. The Balaban J connectivity index is 1.22. The topological polar surface area (TPSA) is 71.0 Å². The summed E-state index contributed by atoms with van der Waals surface area (Å²) in [6, 6.07) is 0.517. The van der Waals surface area contributed by atoms with Crippen molar-refractivity contribution < 1.29 is 14.4 Å². The largest absolute Gasteiger partial charge is 0.435 e. The first-order chi connectivity index (χ1) is 16.7. The van der Waals surface area contributed by atoms with Gasteiger partial charge >= 0.3 is 6.09 Å². The van der Waals surface area contributed by atoms with Crippen molar-refractivity contribution in [1.82, 2.24) is 10.2 Å². The molecule has 0 spiro atoms. The van der Waals surface area contributed by atoms with E-state index in [1.165, 1.54) is 44.1 Å². The van der Waals surface area contributed by atoms with Gasteiger partial charge < -0.3 is 10.2 Å². The summed E-state index contributed by atoms with van der Waals surface area (Å²) in [7, 11) is 1.81. The molecule has 5 aliphatic rings. The van der Waals surface area contributed by atoms with Crippen molar-refractivity contribution in [2.75, 3.05) is 20.1 Å². The van der Waals surface area contributed by atoms with Crippen LogP contribution in [0.25, 0.3) is 0 Å². The average Bonchev–Trinajstić information content (AvgIpc) is 3.48. The SMILES string of the molecule is C/C(=N\OC(=O)N(C)CCC1CCCN1)[C@H]1CC[C@H]2[C@@H]3CCC4=CC(=O)CC[C@]4(C)[C@H]3CC[C@]12C. The summed E-state index contributed by atoms with van der Waals surface area (Å²) in [6.45, 7) is 8.77. The zero-order chi connectivity index (χ0) is 24.8. The molecule has 0 radical (unpaired) electrons. The van der Waals surface area contributed by atoms with Gasteiger partial charge in [-0.2, -0.15) is 0 Å². The molecule has 194 valence electrons. The Morgan fingerprint density at radius 2 is 1.97 bits per heavy atom. The minimum atomic E-state index is -0.350. The maximum absolute atomic E-state index is 12.6. The van der Waals surface area contributed by atoms with Crippen molar-refractivity contribution in [3.05, 3.63) is 11.6 Å². The molecule has 7 atom stereocenters. The smallest absolute Gasteiger partial charge is 0.314 e. The highest BCUT2D eigenvalue weighted by Gasteiger charge is 2.59. The van der Waals surface area contributed by atoms with E-state index in [0.29, 0.717) is 36.1 Å². The van der Waals surface area contributed by atoms with E-state index in [-0.39, 0.29) is 16.9 Å². The van der Waals surface area contributed by atoms with E-state index in [4.69, 9.17) is 4.84 Å². The van der Waals surface area contributed by atoms with Crippen LogP contribution in [0.1, 0.15) is 91.4 Å². The normalized spacial score (nSPS) is 41.0. The fourth-order valence-electron chi connectivity index (χ4n) is 8.93. The Kier molecular flexibility index (Phi) is 6.88. The van der Waals surface area contributed by atoms with E-state index in [0.717, 1.165) is 50.3 Å². The second-order valence-corrected chi connectivity index (χ2v) is 12.7. The van der Waals surface area contributed by atoms with Gasteiger partial charge in [0.05, 0.1) is 5.71 Å². The third kappa shape index (κ3) is 4.49. The molecule has 5 rings (SSSR count). The molecule has 1 N–H and O–H groups in total. The number of hydrogen-bond acceptors (Lipinski definition) is 5. The molecule has 1 heterocycles. The molecule has 6 heteroatoms. The van der Waals surface area contributed by atoms with Crippen LogP contribution in [0.4, 0.5) is 4.79 Å². The molecule has 6 nitrogen and oxygen atoms in total. The summed E-state index contributed by atoms with van der Waals surface area (Å²) in [6.07, 6.45) is 13.9. The van der Waals surface area contributed by atoms with Crippen molar-refractivity contribution in [3.63, 3.8) is 0 Å². The standard InChI is InChI=1S/C29H45N3O3/c1-19(31-35-27(34)32(4)17-13-21-6-5-16-30-21)24-9-10-25-23-8-7-20-18-22(33)11-14-28(20,2)26(23)12-15-29(24,25)3/h18,21,23-26,30H,5-17H2,1-4H3/b31-19+/t21?,23-,24+,25-,26-,28-,29+/m0/s1. The van der Waals surface area contributed by atoms with Gasteiger partial charge in [0, 0.05) is 32.0 Å². The Hall–Kier alpha value is -1.69. The Morgan fingerprint density at radius 3 is 2.74 bits per heavy atom.